The summed E-state index contributed by atoms with van der Waals surface area (Å²) in [6, 6.07) is 16.8. The lowest BCUT2D eigenvalue weighted by Crippen LogP contribution is -2.46. The molecule has 0 unspecified atom stereocenters. The molecule has 0 atom stereocenters. The van der Waals surface area contributed by atoms with Gasteiger partial charge in [-0.05, 0) is 79.5 Å². The molecule has 6 nitrogen and oxygen atoms in total. The molecule has 8 heteroatoms. The van der Waals surface area contributed by atoms with Crippen LogP contribution in [0.1, 0.15) is 34.3 Å². The van der Waals surface area contributed by atoms with Gasteiger partial charge in [0.2, 0.25) is 0 Å². The summed E-state index contributed by atoms with van der Waals surface area (Å²) in [5.74, 6) is -0.0697. The van der Waals surface area contributed by atoms with Crippen LogP contribution < -0.4 is 10.4 Å². The number of carbonyl (C=O) groups is 1. The molecular formula is C27H26Cl2N4O2. The molecular weight excluding hydrogens is 483 g/mol. The number of aromatic nitrogens is 1. The van der Waals surface area contributed by atoms with Crippen molar-refractivity contribution >= 4 is 46.6 Å². The standard InChI is InChI=1S/C27H26Cl2N4O2/c28-21-6-7-24-23(17-21)27(18-33(24)26(34)20-8-11-30-25(29)16-20)9-13-32(14-10-27)12-2-4-19-3-1-5-22(15-19)31-35/h1-8,11,15-17,31,35H,9-10,12-14,18H2. The first-order valence-electron chi connectivity index (χ1n) is 11.6. The van der Waals surface area contributed by atoms with E-state index < -0.39 is 0 Å². The fourth-order valence-electron chi connectivity index (χ4n) is 5.15. The number of nitrogens with one attached hydrogen (secondary N) is 1. The van der Waals surface area contributed by atoms with Gasteiger partial charge in [-0.15, -0.1) is 0 Å². The van der Waals surface area contributed by atoms with Crippen molar-refractivity contribution in [3.8, 4) is 0 Å². The molecule has 35 heavy (non-hydrogen) atoms. The summed E-state index contributed by atoms with van der Waals surface area (Å²) in [6.07, 6.45) is 7.66. The van der Waals surface area contributed by atoms with Crippen molar-refractivity contribution < 1.29 is 10.0 Å². The third-order valence-electron chi connectivity index (χ3n) is 7.00. The lowest BCUT2D eigenvalue weighted by Gasteiger charge is -2.39. The highest BCUT2D eigenvalue weighted by molar-refractivity contribution is 6.31. The number of halogens is 2. The van der Waals surface area contributed by atoms with Crippen molar-refractivity contribution in [3.05, 3.63) is 93.7 Å². The number of benzene rings is 2. The monoisotopic (exact) mass is 508 g/mol. The summed E-state index contributed by atoms with van der Waals surface area (Å²) >= 11 is 12.4. The zero-order chi connectivity index (χ0) is 24.4. The van der Waals surface area contributed by atoms with Crippen LogP contribution in [0.15, 0.2) is 66.9 Å². The van der Waals surface area contributed by atoms with E-state index >= 15 is 0 Å². The van der Waals surface area contributed by atoms with Crippen LogP contribution >= 0.6 is 23.2 Å². The molecule has 5 rings (SSSR count). The lowest BCUT2D eigenvalue weighted by molar-refractivity contribution is 0.0977. The maximum Gasteiger partial charge on any atom is 0.258 e. The van der Waals surface area contributed by atoms with Crippen LogP contribution in [0.25, 0.3) is 6.08 Å². The predicted molar refractivity (Wildman–Crippen MR) is 141 cm³/mol. The molecule has 0 aliphatic carbocycles. The predicted octanol–water partition coefficient (Wildman–Crippen LogP) is 5.90. The third kappa shape index (κ3) is 4.93. The molecule has 2 aromatic carbocycles. The Labute approximate surface area is 214 Å². The molecule has 1 amide bonds. The number of carbonyl (C=O) groups excluding carboxylic acids is 1. The van der Waals surface area contributed by atoms with Gasteiger partial charge in [-0.1, -0.05) is 47.5 Å². The van der Waals surface area contributed by atoms with Gasteiger partial charge in [0.25, 0.3) is 5.91 Å². The third-order valence-corrected chi connectivity index (χ3v) is 7.44. The lowest BCUT2D eigenvalue weighted by atomic mass is 9.74. The van der Waals surface area contributed by atoms with E-state index in [0.29, 0.717) is 28.0 Å². The minimum atomic E-state index is -0.117. The Morgan fingerprint density at radius 3 is 2.71 bits per heavy atom. The quantitative estimate of drug-likeness (QED) is 0.331. The number of fused-ring (bicyclic) bond motifs is 2. The van der Waals surface area contributed by atoms with E-state index in [2.05, 4.69) is 27.5 Å². The zero-order valence-corrected chi connectivity index (χ0v) is 20.6. The minimum absolute atomic E-state index is 0.0697. The van der Waals surface area contributed by atoms with Crippen molar-refractivity contribution in [2.24, 2.45) is 0 Å². The molecule has 180 valence electrons. The molecule has 0 radical (unpaired) electrons. The Morgan fingerprint density at radius 1 is 1.11 bits per heavy atom. The van der Waals surface area contributed by atoms with Crippen molar-refractivity contribution in [2.75, 3.05) is 36.6 Å². The van der Waals surface area contributed by atoms with Gasteiger partial charge in [0.1, 0.15) is 5.15 Å². The Bertz CT molecular complexity index is 1270. The van der Waals surface area contributed by atoms with E-state index in [0.717, 1.165) is 49.3 Å². The largest absolute Gasteiger partial charge is 0.307 e. The van der Waals surface area contributed by atoms with Gasteiger partial charge < -0.3 is 4.90 Å². The van der Waals surface area contributed by atoms with Crippen molar-refractivity contribution in [1.82, 2.24) is 9.88 Å². The molecule has 1 spiro atoms. The van der Waals surface area contributed by atoms with Crippen LogP contribution in [0.2, 0.25) is 10.2 Å². The Morgan fingerprint density at radius 2 is 1.94 bits per heavy atom. The van der Waals surface area contributed by atoms with E-state index in [-0.39, 0.29) is 11.3 Å². The highest BCUT2D eigenvalue weighted by Crippen LogP contribution is 2.48. The first-order valence-corrected chi connectivity index (χ1v) is 12.4. The summed E-state index contributed by atoms with van der Waals surface area (Å²) in [6.45, 7) is 3.33. The van der Waals surface area contributed by atoms with E-state index in [1.54, 1.807) is 18.3 Å². The van der Waals surface area contributed by atoms with Crippen LogP contribution in [0, 0.1) is 0 Å². The Balaban J connectivity index is 1.30. The number of pyridine rings is 1. The first-order chi connectivity index (χ1) is 17.0. The molecule has 3 aromatic rings. The molecule has 2 N–H and O–H groups in total. The van der Waals surface area contributed by atoms with Gasteiger partial charge in [-0.3, -0.25) is 20.4 Å². The second-order valence-corrected chi connectivity index (χ2v) is 9.96. The highest BCUT2D eigenvalue weighted by Gasteiger charge is 2.46. The van der Waals surface area contributed by atoms with E-state index in [1.807, 2.05) is 47.4 Å². The average molecular weight is 509 g/mol. The van der Waals surface area contributed by atoms with Crippen molar-refractivity contribution in [3.63, 3.8) is 0 Å². The van der Waals surface area contributed by atoms with E-state index in [4.69, 9.17) is 28.4 Å². The van der Waals surface area contributed by atoms with Gasteiger partial charge in [-0.2, -0.15) is 0 Å². The minimum Gasteiger partial charge on any atom is -0.307 e. The molecule has 1 aromatic heterocycles. The average Bonchev–Trinajstić information content (AvgIpc) is 3.18. The molecule has 2 aliphatic rings. The Kier molecular flexibility index (Phi) is 6.80. The molecule has 1 saturated heterocycles. The topological polar surface area (TPSA) is 68.7 Å². The number of hydrogen-bond donors (Lipinski definition) is 2. The maximum absolute atomic E-state index is 13.4. The number of nitrogens with zero attached hydrogens (tertiary/aromatic N) is 3. The van der Waals surface area contributed by atoms with Crippen LogP contribution in [0.5, 0.6) is 0 Å². The maximum atomic E-state index is 13.4. The second-order valence-electron chi connectivity index (χ2n) is 9.14. The molecule has 2 aliphatic heterocycles. The summed E-state index contributed by atoms with van der Waals surface area (Å²) in [7, 11) is 0. The summed E-state index contributed by atoms with van der Waals surface area (Å²) in [5.41, 5.74) is 6.38. The van der Waals surface area contributed by atoms with Crippen molar-refractivity contribution in [2.45, 2.75) is 18.3 Å². The van der Waals surface area contributed by atoms with E-state index in [9.17, 15) is 4.79 Å². The highest BCUT2D eigenvalue weighted by atomic mass is 35.5. The van der Waals surface area contributed by atoms with Crippen molar-refractivity contribution in [1.29, 1.82) is 0 Å². The number of amides is 1. The molecule has 0 saturated carbocycles. The molecule has 3 heterocycles. The SMILES string of the molecule is O=C(c1ccnc(Cl)c1)N1CC2(CCN(CC=Cc3cccc(NO)c3)CC2)c2cc(Cl)ccc21. The number of hydrogen-bond acceptors (Lipinski definition) is 5. The summed E-state index contributed by atoms with van der Waals surface area (Å²) < 4.78 is 0. The second kappa shape index (κ2) is 9.99. The number of likely N-dealkylation sites (tertiary alicyclic amines) is 1. The van der Waals surface area contributed by atoms with Gasteiger partial charge in [0.15, 0.2) is 0 Å². The van der Waals surface area contributed by atoms with Crippen LogP contribution in [0.3, 0.4) is 0 Å². The van der Waals surface area contributed by atoms with E-state index in [1.165, 1.54) is 0 Å². The van der Waals surface area contributed by atoms with Gasteiger partial charge >= 0.3 is 0 Å². The smallest absolute Gasteiger partial charge is 0.258 e. The number of anilines is 2. The fourth-order valence-corrected chi connectivity index (χ4v) is 5.50. The summed E-state index contributed by atoms with van der Waals surface area (Å²) in [4.78, 5) is 21.7. The van der Waals surface area contributed by atoms with Crippen LogP contribution in [-0.2, 0) is 5.41 Å². The Hall–Kier alpha value is -2.90. The molecule has 0 bridgehead atoms. The normalized spacial score (nSPS) is 17.2. The van der Waals surface area contributed by atoms with Gasteiger partial charge in [0.05, 0.1) is 5.69 Å². The van der Waals surface area contributed by atoms with Gasteiger partial charge in [-0.25, -0.2) is 4.98 Å². The summed E-state index contributed by atoms with van der Waals surface area (Å²) in [5, 5.41) is 10.1. The first kappa shape index (κ1) is 23.8. The van der Waals surface area contributed by atoms with Crippen LogP contribution in [-0.4, -0.2) is 47.2 Å². The number of piperidine rings is 1. The fraction of sp³-hybridized carbons (Fsp3) is 0.259. The molecule has 1 fully saturated rings. The van der Waals surface area contributed by atoms with Gasteiger partial charge in [0, 0.05) is 41.0 Å². The zero-order valence-electron chi connectivity index (χ0n) is 19.1. The van der Waals surface area contributed by atoms with Crippen LogP contribution in [0.4, 0.5) is 11.4 Å². The number of rotatable bonds is 5.